The van der Waals surface area contributed by atoms with Gasteiger partial charge in [-0.3, -0.25) is 9.59 Å². The van der Waals surface area contributed by atoms with Gasteiger partial charge in [-0.1, -0.05) is 43.2 Å². The van der Waals surface area contributed by atoms with Crippen molar-refractivity contribution in [3.63, 3.8) is 0 Å². The summed E-state index contributed by atoms with van der Waals surface area (Å²) in [5.41, 5.74) is 0.891. The number of benzene rings is 1. The molecule has 1 aromatic carbocycles. The third-order valence-electron chi connectivity index (χ3n) is 6.58. The molecular formula is C22H29NO3. The van der Waals surface area contributed by atoms with E-state index in [0.29, 0.717) is 24.2 Å². The number of hydrogen-bond acceptors (Lipinski definition) is 3. The highest BCUT2D eigenvalue weighted by Crippen LogP contribution is 2.54. The Balaban J connectivity index is 1.44. The smallest absolute Gasteiger partial charge is 0.310 e. The lowest BCUT2D eigenvalue weighted by Gasteiger charge is -2.55. The number of rotatable bonds is 4. The molecule has 0 spiro atoms. The van der Waals surface area contributed by atoms with Crippen LogP contribution in [0.3, 0.4) is 0 Å². The number of ether oxygens (including phenoxy) is 1. The van der Waals surface area contributed by atoms with Gasteiger partial charge in [-0.2, -0.15) is 0 Å². The fourth-order valence-corrected chi connectivity index (χ4v) is 5.49. The van der Waals surface area contributed by atoms with Gasteiger partial charge in [0.15, 0.2) is 0 Å². The molecule has 5 atom stereocenters. The third kappa shape index (κ3) is 3.26. The predicted molar refractivity (Wildman–Crippen MR) is 99.5 cm³/mol. The second-order valence-corrected chi connectivity index (χ2v) is 8.93. The normalized spacial score (nSPS) is 35.2. The minimum absolute atomic E-state index is 0.000366. The van der Waals surface area contributed by atoms with Crippen LogP contribution in [0.1, 0.15) is 63.9 Å². The molecule has 3 fully saturated rings. The van der Waals surface area contributed by atoms with Crippen LogP contribution in [-0.2, 0) is 14.3 Å². The van der Waals surface area contributed by atoms with Gasteiger partial charge in [0.25, 0.3) is 0 Å². The largest absolute Gasteiger partial charge is 0.459 e. The number of carbonyl (C=O) groups is 2. The minimum Gasteiger partial charge on any atom is -0.459 e. The lowest BCUT2D eigenvalue weighted by Crippen LogP contribution is -2.59. The maximum Gasteiger partial charge on any atom is 0.310 e. The van der Waals surface area contributed by atoms with Crippen LogP contribution in [0.15, 0.2) is 30.3 Å². The van der Waals surface area contributed by atoms with Crippen molar-refractivity contribution in [3.05, 3.63) is 35.9 Å². The molecular weight excluding hydrogens is 326 g/mol. The van der Waals surface area contributed by atoms with Gasteiger partial charge in [0.05, 0.1) is 5.92 Å². The van der Waals surface area contributed by atoms with Crippen LogP contribution in [0.4, 0.5) is 0 Å². The molecule has 4 rings (SSSR count). The zero-order chi connectivity index (χ0) is 18.3. The zero-order valence-corrected chi connectivity index (χ0v) is 15.7. The first-order chi connectivity index (χ1) is 12.4. The molecule has 4 nitrogen and oxygen atoms in total. The van der Waals surface area contributed by atoms with E-state index in [0.717, 1.165) is 0 Å². The summed E-state index contributed by atoms with van der Waals surface area (Å²) in [4.78, 5) is 24.7. The number of esters is 1. The highest BCUT2D eigenvalue weighted by atomic mass is 16.6. The lowest BCUT2D eigenvalue weighted by atomic mass is 9.53. The van der Waals surface area contributed by atoms with E-state index in [1.165, 1.54) is 31.2 Å². The van der Waals surface area contributed by atoms with Crippen molar-refractivity contribution in [3.8, 4) is 0 Å². The lowest BCUT2D eigenvalue weighted by molar-refractivity contribution is -0.149. The van der Waals surface area contributed by atoms with E-state index in [9.17, 15) is 9.59 Å². The average molecular weight is 355 g/mol. The van der Waals surface area contributed by atoms with Crippen LogP contribution in [0.25, 0.3) is 0 Å². The summed E-state index contributed by atoms with van der Waals surface area (Å²) in [5.74, 6) is 1.16. The van der Waals surface area contributed by atoms with E-state index in [2.05, 4.69) is 29.6 Å². The van der Waals surface area contributed by atoms with E-state index in [-0.39, 0.29) is 30.3 Å². The summed E-state index contributed by atoms with van der Waals surface area (Å²) in [6.07, 6.45) is 5.90. The number of carbonyl (C=O) groups excluding carboxylic acids is 2. The molecule has 1 N–H and O–H groups in total. The van der Waals surface area contributed by atoms with E-state index >= 15 is 0 Å². The van der Waals surface area contributed by atoms with Gasteiger partial charge >= 0.3 is 5.97 Å². The Bertz CT molecular complexity index is 684. The molecule has 4 heteroatoms. The van der Waals surface area contributed by atoms with Crippen LogP contribution in [0.5, 0.6) is 0 Å². The summed E-state index contributed by atoms with van der Waals surface area (Å²) in [5, 5.41) is 3.29. The first-order valence-electron chi connectivity index (χ1n) is 10.0. The molecule has 0 unspecified atom stereocenters. The van der Waals surface area contributed by atoms with Gasteiger partial charge in [0.1, 0.15) is 5.60 Å². The molecule has 0 bridgehead atoms. The molecule has 1 saturated heterocycles. The molecule has 0 aromatic heterocycles. The molecule has 2 aliphatic carbocycles. The molecule has 26 heavy (non-hydrogen) atoms. The van der Waals surface area contributed by atoms with Gasteiger partial charge in [0.2, 0.25) is 5.91 Å². The van der Waals surface area contributed by atoms with Crippen LogP contribution in [0.2, 0.25) is 0 Å². The zero-order valence-electron chi connectivity index (χ0n) is 15.7. The van der Waals surface area contributed by atoms with Crippen molar-refractivity contribution in [1.82, 2.24) is 5.32 Å². The first-order valence-corrected chi connectivity index (χ1v) is 10.0. The molecule has 1 aliphatic heterocycles. The van der Waals surface area contributed by atoms with Crippen LogP contribution in [-0.4, -0.2) is 23.5 Å². The Morgan fingerprint density at radius 3 is 2.50 bits per heavy atom. The van der Waals surface area contributed by atoms with Crippen LogP contribution < -0.4 is 5.32 Å². The molecule has 140 valence electrons. The van der Waals surface area contributed by atoms with Crippen molar-refractivity contribution in [1.29, 1.82) is 0 Å². The van der Waals surface area contributed by atoms with Crippen molar-refractivity contribution in [2.75, 3.05) is 0 Å². The fraction of sp³-hybridized carbons (Fsp3) is 0.636. The molecule has 1 aromatic rings. The van der Waals surface area contributed by atoms with E-state index in [1.54, 1.807) is 0 Å². The topological polar surface area (TPSA) is 55.4 Å². The van der Waals surface area contributed by atoms with Crippen molar-refractivity contribution >= 4 is 11.9 Å². The molecule has 1 amide bonds. The van der Waals surface area contributed by atoms with Gasteiger partial charge in [-0.25, -0.2) is 0 Å². The second-order valence-electron chi connectivity index (χ2n) is 8.93. The number of nitrogens with one attached hydrogen (secondary N) is 1. The average Bonchev–Trinajstić information content (AvgIpc) is 2.85. The van der Waals surface area contributed by atoms with E-state index in [1.807, 2.05) is 19.9 Å². The number of cyclic esters (lactones) is 1. The quantitative estimate of drug-likeness (QED) is 0.836. The molecule has 0 radical (unpaired) electrons. The Morgan fingerprint density at radius 2 is 1.85 bits per heavy atom. The van der Waals surface area contributed by atoms with E-state index in [4.69, 9.17) is 4.74 Å². The summed E-state index contributed by atoms with van der Waals surface area (Å²) in [7, 11) is 0. The summed E-state index contributed by atoms with van der Waals surface area (Å²) in [6.45, 7) is 3.82. The monoisotopic (exact) mass is 355 g/mol. The Labute approximate surface area is 155 Å². The fourth-order valence-electron chi connectivity index (χ4n) is 5.49. The molecule has 1 heterocycles. The van der Waals surface area contributed by atoms with Gasteiger partial charge < -0.3 is 10.1 Å². The van der Waals surface area contributed by atoms with Gasteiger partial charge in [0, 0.05) is 24.8 Å². The van der Waals surface area contributed by atoms with Gasteiger partial charge in [-0.15, -0.1) is 0 Å². The van der Waals surface area contributed by atoms with Crippen molar-refractivity contribution in [2.45, 2.75) is 69.9 Å². The van der Waals surface area contributed by atoms with Crippen molar-refractivity contribution in [2.24, 2.45) is 17.8 Å². The maximum atomic E-state index is 12.7. The third-order valence-corrected chi connectivity index (χ3v) is 6.58. The minimum atomic E-state index is -0.445. The molecule has 3 aliphatic rings. The summed E-state index contributed by atoms with van der Waals surface area (Å²) < 4.78 is 5.36. The number of fused-ring (bicyclic) bond motifs is 1. The maximum absolute atomic E-state index is 12.7. The Hall–Kier alpha value is -1.84. The summed E-state index contributed by atoms with van der Waals surface area (Å²) >= 11 is 0. The predicted octanol–water partition coefficient (Wildman–Crippen LogP) is 3.81. The Morgan fingerprint density at radius 1 is 1.15 bits per heavy atom. The SMILES string of the molecule is CC1(C)C[C@H](CC(=O)N[C@H]2[C@@H]3CCCC[C@H]3[C@@H]2c2ccccc2)C(=O)O1. The second kappa shape index (κ2) is 6.71. The first kappa shape index (κ1) is 17.6. The highest BCUT2D eigenvalue weighted by Gasteiger charge is 2.52. The van der Waals surface area contributed by atoms with Crippen molar-refractivity contribution < 1.29 is 14.3 Å². The summed E-state index contributed by atoms with van der Waals surface area (Å²) in [6, 6.07) is 10.8. The Kier molecular flexibility index (Phi) is 4.54. The number of hydrogen-bond donors (Lipinski definition) is 1. The van der Waals surface area contributed by atoms with Gasteiger partial charge in [-0.05, 0) is 44.1 Å². The van der Waals surface area contributed by atoms with E-state index < -0.39 is 5.60 Å². The standard InChI is InChI=1S/C22H29NO3/c1-22(2)13-15(21(25)26-22)12-18(24)23-20-17-11-7-6-10-16(17)19(20)14-8-4-3-5-9-14/h3-5,8-9,15-17,19-20H,6-7,10-13H2,1-2H3,(H,23,24)/t15-,16+,17+,19-,20-/m0/s1. The van der Waals surface area contributed by atoms with Crippen LogP contribution in [0, 0.1) is 17.8 Å². The molecule has 2 saturated carbocycles. The van der Waals surface area contributed by atoms with Crippen LogP contribution >= 0.6 is 0 Å². The highest BCUT2D eigenvalue weighted by molar-refractivity contribution is 5.84. The number of amides is 1.